The van der Waals surface area contributed by atoms with Gasteiger partial charge >= 0.3 is 12.2 Å². The molecule has 5 rings (SSSR count). The van der Waals surface area contributed by atoms with E-state index in [0.29, 0.717) is 17.8 Å². The molecule has 0 saturated heterocycles. The van der Waals surface area contributed by atoms with Gasteiger partial charge in [0.15, 0.2) is 6.61 Å². The highest BCUT2D eigenvalue weighted by Gasteiger charge is 2.51. The summed E-state index contributed by atoms with van der Waals surface area (Å²) in [5.74, 6) is 1.20. The molecule has 4 bridgehead atoms. The van der Waals surface area contributed by atoms with Crippen molar-refractivity contribution in [1.29, 1.82) is 0 Å². The van der Waals surface area contributed by atoms with Gasteiger partial charge in [0, 0.05) is 5.54 Å². The number of nitrogens with one attached hydrogen (secondary N) is 2. The number of urea groups is 1. The van der Waals surface area contributed by atoms with Gasteiger partial charge in [-0.1, -0.05) is 6.07 Å². The van der Waals surface area contributed by atoms with Crippen molar-refractivity contribution < 1.29 is 27.5 Å². The van der Waals surface area contributed by atoms with Crippen molar-refractivity contribution in [1.82, 2.24) is 10.6 Å². The number of alkyl halides is 3. The van der Waals surface area contributed by atoms with E-state index in [1.165, 1.54) is 31.4 Å². The van der Waals surface area contributed by atoms with Crippen LogP contribution in [0.15, 0.2) is 24.3 Å². The van der Waals surface area contributed by atoms with Gasteiger partial charge in [-0.15, -0.1) is 0 Å². The number of carbonyl (C=O) groups excluding carboxylic acids is 2. The van der Waals surface area contributed by atoms with Crippen molar-refractivity contribution in [2.24, 2.45) is 17.8 Å². The van der Waals surface area contributed by atoms with Crippen LogP contribution in [0.2, 0.25) is 0 Å². The number of carbonyl (C=O) groups is 2. The van der Waals surface area contributed by atoms with Crippen LogP contribution in [0.4, 0.5) is 18.0 Å². The first-order chi connectivity index (χ1) is 13.2. The van der Waals surface area contributed by atoms with Crippen molar-refractivity contribution in [3.8, 4) is 5.75 Å². The molecule has 1 aromatic rings. The number of benzene rings is 1. The fourth-order valence-corrected chi connectivity index (χ4v) is 5.61. The topological polar surface area (TPSA) is 67.4 Å². The average Bonchev–Trinajstić information content (AvgIpc) is 2.57. The van der Waals surface area contributed by atoms with Crippen LogP contribution in [0.5, 0.6) is 5.75 Å². The first-order valence-electron chi connectivity index (χ1n) is 9.63. The van der Waals surface area contributed by atoms with Crippen LogP contribution in [0.3, 0.4) is 0 Å². The number of ether oxygens (including phenoxy) is 1. The van der Waals surface area contributed by atoms with Gasteiger partial charge in [-0.2, -0.15) is 13.2 Å². The highest BCUT2D eigenvalue weighted by molar-refractivity contribution is 5.95. The normalized spacial score (nSPS) is 30.8. The molecule has 0 heterocycles. The summed E-state index contributed by atoms with van der Waals surface area (Å²) in [7, 11) is 0. The molecule has 0 unspecified atom stereocenters. The van der Waals surface area contributed by atoms with Crippen LogP contribution in [-0.2, 0) is 11.0 Å². The van der Waals surface area contributed by atoms with Crippen LogP contribution in [0.1, 0.15) is 44.1 Å². The quantitative estimate of drug-likeness (QED) is 0.812. The molecule has 0 atom stereocenters. The number of halogens is 3. The lowest BCUT2D eigenvalue weighted by molar-refractivity contribution is -0.137. The van der Waals surface area contributed by atoms with E-state index in [0.717, 1.165) is 31.4 Å². The maximum Gasteiger partial charge on any atom is 0.416 e. The van der Waals surface area contributed by atoms with Crippen molar-refractivity contribution in [3.63, 3.8) is 0 Å². The van der Waals surface area contributed by atoms with E-state index >= 15 is 0 Å². The van der Waals surface area contributed by atoms with Gasteiger partial charge in [-0.25, -0.2) is 4.79 Å². The van der Waals surface area contributed by atoms with Gasteiger partial charge in [-0.3, -0.25) is 10.1 Å². The van der Waals surface area contributed by atoms with Gasteiger partial charge in [0.2, 0.25) is 0 Å². The molecule has 0 aromatic heterocycles. The average molecular weight is 396 g/mol. The number of imide groups is 1. The second-order valence-corrected chi connectivity index (χ2v) is 8.51. The first kappa shape index (κ1) is 19.1. The fourth-order valence-electron chi connectivity index (χ4n) is 5.61. The van der Waals surface area contributed by atoms with Crippen molar-refractivity contribution in [2.75, 3.05) is 6.61 Å². The van der Waals surface area contributed by atoms with E-state index in [2.05, 4.69) is 10.6 Å². The summed E-state index contributed by atoms with van der Waals surface area (Å²) >= 11 is 0. The Morgan fingerprint density at radius 3 is 2.25 bits per heavy atom. The third-order valence-electron chi connectivity index (χ3n) is 6.20. The molecule has 0 spiro atoms. The second kappa shape index (κ2) is 6.97. The molecule has 4 saturated carbocycles. The Balaban J connectivity index is 1.28. The Morgan fingerprint density at radius 2 is 1.68 bits per heavy atom. The number of hydrogen-bond donors (Lipinski definition) is 2. The summed E-state index contributed by atoms with van der Waals surface area (Å²) in [5, 5.41) is 5.24. The predicted molar refractivity (Wildman–Crippen MR) is 94.5 cm³/mol. The minimum atomic E-state index is -4.49. The fraction of sp³-hybridized carbons (Fsp3) is 0.600. The monoisotopic (exact) mass is 396 g/mol. The third-order valence-corrected chi connectivity index (χ3v) is 6.20. The van der Waals surface area contributed by atoms with Gasteiger partial charge < -0.3 is 10.1 Å². The molecule has 152 valence electrons. The third kappa shape index (κ3) is 4.10. The van der Waals surface area contributed by atoms with Crippen LogP contribution in [-0.4, -0.2) is 24.1 Å². The molecule has 0 radical (unpaired) electrons. The number of hydrogen-bond acceptors (Lipinski definition) is 3. The molecule has 0 aliphatic heterocycles. The molecule has 8 heteroatoms. The molecule has 5 nitrogen and oxygen atoms in total. The zero-order valence-electron chi connectivity index (χ0n) is 15.3. The SMILES string of the molecule is O=C(COc1cccc(C(F)(F)F)c1)NC(=O)NC12CC3CC(CC(C3)C1)C2. The van der Waals surface area contributed by atoms with Crippen LogP contribution in [0.25, 0.3) is 0 Å². The molecular weight excluding hydrogens is 373 g/mol. The molecule has 4 aliphatic rings. The van der Waals surface area contributed by atoms with Crippen molar-refractivity contribution in [3.05, 3.63) is 29.8 Å². The highest BCUT2D eigenvalue weighted by atomic mass is 19.4. The van der Waals surface area contributed by atoms with Gasteiger partial charge in [0.1, 0.15) is 5.75 Å². The largest absolute Gasteiger partial charge is 0.484 e. The Bertz CT molecular complexity index is 743. The minimum absolute atomic E-state index is 0.0773. The molecule has 4 aliphatic carbocycles. The maximum absolute atomic E-state index is 12.7. The molecule has 4 fully saturated rings. The number of amides is 3. The van der Waals surface area contributed by atoms with Gasteiger partial charge in [0.05, 0.1) is 5.56 Å². The lowest BCUT2D eigenvalue weighted by atomic mass is 9.53. The Hall–Kier alpha value is -2.25. The van der Waals surface area contributed by atoms with E-state index in [1.807, 2.05) is 0 Å². The zero-order valence-corrected chi connectivity index (χ0v) is 15.3. The molecule has 2 N–H and O–H groups in total. The zero-order chi connectivity index (χ0) is 19.9. The van der Waals surface area contributed by atoms with E-state index in [4.69, 9.17) is 4.74 Å². The minimum Gasteiger partial charge on any atom is -0.484 e. The summed E-state index contributed by atoms with van der Waals surface area (Å²) in [5.41, 5.74) is -1.08. The lowest BCUT2D eigenvalue weighted by Gasteiger charge is -2.56. The summed E-state index contributed by atoms with van der Waals surface area (Å²) in [6.07, 6.45) is 2.12. The summed E-state index contributed by atoms with van der Waals surface area (Å²) in [6.45, 7) is -0.532. The van der Waals surface area contributed by atoms with Crippen molar-refractivity contribution in [2.45, 2.75) is 50.2 Å². The molecule has 28 heavy (non-hydrogen) atoms. The summed E-state index contributed by atoms with van der Waals surface area (Å²) in [6, 6.07) is 3.72. The standard InChI is InChI=1S/C20H23F3N2O3/c21-20(22,23)15-2-1-3-16(7-15)28-11-17(26)24-18(27)25-19-8-12-4-13(9-19)6-14(5-12)10-19/h1-3,7,12-14H,4-6,8-11H2,(H2,24,25,26,27). The Morgan fingerprint density at radius 1 is 1.07 bits per heavy atom. The van der Waals surface area contributed by atoms with Crippen molar-refractivity contribution >= 4 is 11.9 Å². The first-order valence-corrected chi connectivity index (χ1v) is 9.63. The van der Waals surface area contributed by atoms with E-state index < -0.39 is 30.3 Å². The van der Waals surface area contributed by atoms with E-state index in [9.17, 15) is 22.8 Å². The van der Waals surface area contributed by atoms with Crippen LogP contribution >= 0.6 is 0 Å². The van der Waals surface area contributed by atoms with Crippen LogP contribution < -0.4 is 15.4 Å². The Labute approximate surface area is 161 Å². The lowest BCUT2D eigenvalue weighted by Crippen LogP contribution is -2.62. The predicted octanol–water partition coefficient (Wildman–Crippen LogP) is 3.88. The smallest absolute Gasteiger partial charge is 0.416 e. The molecule has 1 aromatic carbocycles. The van der Waals surface area contributed by atoms with Crippen LogP contribution in [0, 0.1) is 17.8 Å². The van der Waals surface area contributed by atoms with Gasteiger partial charge in [-0.05, 0) is 74.5 Å². The molecule has 3 amide bonds. The highest BCUT2D eigenvalue weighted by Crippen LogP contribution is 2.55. The molecular formula is C20H23F3N2O3. The van der Waals surface area contributed by atoms with E-state index in [1.54, 1.807) is 0 Å². The van der Waals surface area contributed by atoms with E-state index in [-0.39, 0.29) is 11.3 Å². The Kier molecular flexibility index (Phi) is 4.75. The summed E-state index contributed by atoms with van der Waals surface area (Å²) < 4.78 is 43.2. The summed E-state index contributed by atoms with van der Waals surface area (Å²) in [4.78, 5) is 24.3. The number of rotatable bonds is 4. The maximum atomic E-state index is 12.7. The second-order valence-electron chi connectivity index (χ2n) is 8.51. The van der Waals surface area contributed by atoms with Gasteiger partial charge in [0.25, 0.3) is 5.91 Å².